The number of carbonyl (C=O) groups excluding carboxylic acids is 1. The number of nitrogens with one attached hydrogen (secondary N) is 3. The zero-order chi connectivity index (χ0) is 19.4. The van der Waals surface area contributed by atoms with Gasteiger partial charge in [0.1, 0.15) is 5.75 Å². The maximum Gasteiger partial charge on any atom is 0.269 e. The maximum absolute atomic E-state index is 12.4. The number of carbonyl (C=O) groups is 1. The third-order valence-electron chi connectivity index (χ3n) is 4.37. The molecule has 3 unspecified atom stereocenters. The van der Waals surface area contributed by atoms with Crippen LogP contribution in [0.25, 0.3) is 0 Å². The highest BCUT2D eigenvalue weighted by Crippen LogP contribution is 2.24. The van der Waals surface area contributed by atoms with Crippen LogP contribution in [0.15, 0.2) is 48.5 Å². The van der Waals surface area contributed by atoms with Crippen molar-refractivity contribution in [3.63, 3.8) is 0 Å². The summed E-state index contributed by atoms with van der Waals surface area (Å²) in [7, 11) is 0. The van der Waals surface area contributed by atoms with E-state index < -0.39 is 11.0 Å². The lowest BCUT2D eigenvalue weighted by Crippen LogP contribution is -2.48. The molecule has 0 aromatic heterocycles. The average Bonchev–Trinajstić information content (AvgIpc) is 3.10. The smallest absolute Gasteiger partial charge is 0.269 e. The molecule has 1 amide bonds. The van der Waals surface area contributed by atoms with Gasteiger partial charge in [-0.2, -0.15) is 0 Å². The molecule has 8 nitrogen and oxygen atoms in total. The van der Waals surface area contributed by atoms with Crippen molar-refractivity contribution in [1.29, 1.82) is 0 Å². The molecule has 1 heterocycles. The summed E-state index contributed by atoms with van der Waals surface area (Å²) >= 11 is 0. The number of nitro benzene ring substituents is 1. The van der Waals surface area contributed by atoms with Crippen molar-refractivity contribution >= 4 is 11.6 Å². The fraction of sp³-hybridized carbons (Fsp3) is 0.316. The van der Waals surface area contributed by atoms with Gasteiger partial charge in [-0.1, -0.05) is 24.3 Å². The molecule has 1 saturated heterocycles. The predicted molar refractivity (Wildman–Crippen MR) is 99.9 cm³/mol. The normalized spacial score (nSPS) is 20.1. The number of hydrogen-bond acceptors (Lipinski definition) is 6. The van der Waals surface area contributed by atoms with Crippen LogP contribution in [0.3, 0.4) is 0 Å². The minimum atomic E-state index is -0.648. The summed E-state index contributed by atoms with van der Waals surface area (Å²) in [5, 5.41) is 13.8. The van der Waals surface area contributed by atoms with Gasteiger partial charge < -0.3 is 10.1 Å². The first-order chi connectivity index (χ1) is 12.9. The highest BCUT2D eigenvalue weighted by Gasteiger charge is 2.28. The summed E-state index contributed by atoms with van der Waals surface area (Å²) in [5.41, 5.74) is 7.96. The topological polar surface area (TPSA) is 106 Å². The predicted octanol–water partition coefficient (Wildman–Crippen LogP) is 2.35. The summed E-state index contributed by atoms with van der Waals surface area (Å²) in [6.07, 6.45) is -0.389. The molecule has 0 bridgehead atoms. The van der Waals surface area contributed by atoms with Crippen molar-refractivity contribution in [3.05, 3.63) is 69.8 Å². The lowest BCUT2D eigenvalue weighted by molar-refractivity contribution is -0.384. The summed E-state index contributed by atoms with van der Waals surface area (Å²) < 4.78 is 5.69. The average molecular weight is 370 g/mol. The summed E-state index contributed by atoms with van der Waals surface area (Å²) in [5.74, 6) is 0.403. The van der Waals surface area contributed by atoms with Gasteiger partial charge in [-0.25, -0.2) is 10.9 Å². The lowest BCUT2D eigenvalue weighted by atomic mass is 10.0. The Morgan fingerprint density at radius 3 is 2.78 bits per heavy atom. The molecule has 2 aromatic carbocycles. The Morgan fingerprint density at radius 2 is 2.04 bits per heavy atom. The molecule has 0 radical (unpaired) electrons. The number of rotatable bonds is 6. The number of benzene rings is 2. The van der Waals surface area contributed by atoms with Crippen LogP contribution in [0.5, 0.6) is 5.75 Å². The van der Waals surface area contributed by atoms with Gasteiger partial charge >= 0.3 is 0 Å². The van der Waals surface area contributed by atoms with E-state index in [0.717, 1.165) is 11.1 Å². The van der Waals surface area contributed by atoms with Crippen LogP contribution in [-0.4, -0.2) is 23.1 Å². The number of hydrogen-bond donors (Lipinski definition) is 3. The lowest BCUT2D eigenvalue weighted by Gasteiger charge is -2.18. The molecular weight excluding hydrogens is 348 g/mol. The number of nitro groups is 1. The fourth-order valence-corrected chi connectivity index (χ4v) is 2.96. The Balaban J connectivity index is 1.55. The molecule has 142 valence electrons. The van der Waals surface area contributed by atoms with Gasteiger partial charge in [0.15, 0.2) is 6.10 Å². The first-order valence-corrected chi connectivity index (χ1v) is 8.71. The minimum Gasteiger partial charge on any atom is -0.481 e. The van der Waals surface area contributed by atoms with Crippen LogP contribution >= 0.6 is 0 Å². The number of non-ortho nitro benzene ring substituents is 1. The van der Waals surface area contributed by atoms with E-state index in [4.69, 9.17) is 4.74 Å². The summed E-state index contributed by atoms with van der Waals surface area (Å²) in [6, 6.07) is 13.8. The van der Waals surface area contributed by atoms with Crippen molar-refractivity contribution in [3.8, 4) is 5.75 Å². The third-order valence-corrected chi connectivity index (χ3v) is 4.37. The van der Waals surface area contributed by atoms with E-state index in [2.05, 4.69) is 16.2 Å². The number of aryl methyl sites for hydroxylation is 1. The van der Waals surface area contributed by atoms with Crippen LogP contribution < -0.4 is 20.9 Å². The Labute approximate surface area is 157 Å². The van der Waals surface area contributed by atoms with Crippen LogP contribution in [0, 0.1) is 17.0 Å². The Hall–Kier alpha value is -2.97. The zero-order valence-corrected chi connectivity index (χ0v) is 15.1. The Bertz CT molecular complexity index is 842. The highest BCUT2D eigenvalue weighted by atomic mass is 16.6. The van der Waals surface area contributed by atoms with Crippen LogP contribution in [0.2, 0.25) is 0 Å². The Kier molecular flexibility index (Phi) is 5.68. The van der Waals surface area contributed by atoms with Gasteiger partial charge in [0.25, 0.3) is 11.6 Å². The zero-order valence-electron chi connectivity index (χ0n) is 15.1. The second-order valence-electron chi connectivity index (χ2n) is 6.57. The van der Waals surface area contributed by atoms with E-state index in [1.165, 1.54) is 12.1 Å². The second kappa shape index (κ2) is 8.15. The molecule has 1 fully saturated rings. The molecule has 3 atom stereocenters. The molecular formula is C19H22N4O4. The maximum atomic E-state index is 12.4. The molecule has 0 saturated carbocycles. The van der Waals surface area contributed by atoms with Crippen LogP contribution in [-0.2, 0) is 4.79 Å². The number of amides is 1. The largest absolute Gasteiger partial charge is 0.481 e. The van der Waals surface area contributed by atoms with E-state index in [1.54, 1.807) is 13.0 Å². The highest BCUT2D eigenvalue weighted by molar-refractivity contribution is 5.81. The molecule has 3 rings (SSSR count). The van der Waals surface area contributed by atoms with Gasteiger partial charge in [-0.3, -0.25) is 14.9 Å². The summed E-state index contributed by atoms with van der Waals surface area (Å²) in [6.45, 7) is 3.65. The van der Waals surface area contributed by atoms with Crippen molar-refractivity contribution in [2.45, 2.75) is 38.6 Å². The van der Waals surface area contributed by atoms with Gasteiger partial charge in [0.2, 0.25) is 0 Å². The minimum absolute atomic E-state index is 0.0435. The number of ether oxygens (including phenoxy) is 1. The van der Waals surface area contributed by atoms with E-state index in [1.807, 2.05) is 37.3 Å². The second-order valence-corrected chi connectivity index (χ2v) is 6.57. The van der Waals surface area contributed by atoms with E-state index >= 15 is 0 Å². The fourth-order valence-electron chi connectivity index (χ4n) is 2.96. The monoisotopic (exact) mass is 370 g/mol. The van der Waals surface area contributed by atoms with Crippen molar-refractivity contribution < 1.29 is 14.5 Å². The number of hydrazine groups is 1. The van der Waals surface area contributed by atoms with Gasteiger partial charge in [-0.15, -0.1) is 0 Å². The van der Waals surface area contributed by atoms with Crippen molar-refractivity contribution in [2.24, 2.45) is 0 Å². The van der Waals surface area contributed by atoms with Crippen LogP contribution in [0.4, 0.5) is 5.69 Å². The molecule has 2 aromatic rings. The standard InChI is InChI=1S/C19H22N4O4/c1-12-5-3-8-16(9-12)27-13(2)19(24)20-18-11-17(21-22-18)14-6-4-7-15(10-14)23(25)26/h3-10,13,17-18,21-22H,11H2,1-2H3,(H,20,24). The molecule has 8 heteroatoms. The molecule has 27 heavy (non-hydrogen) atoms. The summed E-state index contributed by atoms with van der Waals surface area (Å²) in [4.78, 5) is 22.9. The molecule has 0 aliphatic carbocycles. The van der Waals surface area contributed by atoms with Gasteiger partial charge in [-0.05, 0) is 37.1 Å². The SMILES string of the molecule is Cc1cccc(OC(C)C(=O)NC2CC(c3cccc([N+](=O)[O-])c3)NN2)c1. The molecule has 1 aliphatic heterocycles. The van der Waals surface area contributed by atoms with Crippen molar-refractivity contribution in [1.82, 2.24) is 16.2 Å². The first kappa shape index (κ1) is 18.8. The van der Waals surface area contributed by atoms with Crippen molar-refractivity contribution in [2.75, 3.05) is 0 Å². The van der Waals surface area contributed by atoms with Gasteiger partial charge in [0.05, 0.1) is 11.1 Å². The first-order valence-electron chi connectivity index (χ1n) is 8.71. The van der Waals surface area contributed by atoms with E-state index in [9.17, 15) is 14.9 Å². The van der Waals surface area contributed by atoms with E-state index in [0.29, 0.717) is 12.2 Å². The quantitative estimate of drug-likeness (QED) is 0.532. The van der Waals surface area contributed by atoms with Gasteiger partial charge in [0, 0.05) is 24.6 Å². The molecule has 1 aliphatic rings. The molecule has 0 spiro atoms. The Morgan fingerprint density at radius 1 is 1.26 bits per heavy atom. The van der Waals surface area contributed by atoms with E-state index in [-0.39, 0.29) is 23.8 Å². The van der Waals surface area contributed by atoms with Crippen LogP contribution in [0.1, 0.15) is 30.5 Å². The third kappa shape index (κ3) is 4.81. The molecule has 3 N–H and O–H groups in total. The number of nitrogens with zero attached hydrogens (tertiary/aromatic N) is 1.